The first kappa shape index (κ1) is 56.2. The molecule has 0 fully saturated rings. The number of rotatable bonds is 54. The van der Waals surface area contributed by atoms with E-state index in [0.717, 1.165) is 13.1 Å². The molecule has 0 aliphatic heterocycles. The molecule has 1 N–H and O–H groups in total. The monoisotopic (exact) mass is 838 g/mol. The first-order chi connectivity index (χ1) is 28.4. The minimum absolute atomic E-state index is 0.511. The second-order valence-electron chi connectivity index (χ2n) is 11.5. The van der Waals surface area contributed by atoms with Crippen LogP contribution in [0.1, 0.15) is 0 Å². The van der Waals surface area contributed by atoms with Gasteiger partial charge in [-0.05, 0) is 0 Å². The highest BCUT2D eigenvalue weighted by molar-refractivity contribution is 4.46. The summed E-state index contributed by atoms with van der Waals surface area (Å²) < 4.78 is 97.2. The van der Waals surface area contributed by atoms with Crippen molar-refractivity contribution in [2.75, 3.05) is 252 Å². The standard InChI is InChI=1S/C38H79NO18/c1-40-7-9-44-15-17-48-23-25-52-31-33-56-37-35-54-29-27-50-21-19-46-13-11-42-5-3-39-4-6-43-12-14-47-20-22-51-28-30-55-36-38-57-34-32-53-26-24-49-18-16-45-10-8-41-2/h39H,3-38H2,1-2H3. The van der Waals surface area contributed by atoms with Crippen LogP contribution in [0.15, 0.2) is 0 Å². The predicted octanol–water partition coefficient (Wildman–Crippen LogP) is 0.134. The summed E-state index contributed by atoms with van der Waals surface area (Å²) in [5, 5.41) is 3.28. The fourth-order valence-corrected chi connectivity index (χ4v) is 3.98. The van der Waals surface area contributed by atoms with E-state index in [1.165, 1.54) is 0 Å². The van der Waals surface area contributed by atoms with Crippen molar-refractivity contribution < 1.29 is 85.3 Å². The van der Waals surface area contributed by atoms with Gasteiger partial charge in [0.05, 0.1) is 225 Å². The van der Waals surface area contributed by atoms with Crippen molar-refractivity contribution in [3.63, 3.8) is 0 Å². The Kier molecular flexibility index (Phi) is 54.5. The van der Waals surface area contributed by atoms with Gasteiger partial charge in [-0.1, -0.05) is 0 Å². The average molecular weight is 838 g/mol. The van der Waals surface area contributed by atoms with Crippen molar-refractivity contribution in [3.8, 4) is 0 Å². The summed E-state index contributed by atoms with van der Waals surface area (Å²) >= 11 is 0. The minimum Gasteiger partial charge on any atom is -0.382 e. The Labute approximate surface area is 342 Å². The smallest absolute Gasteiger partial charge is 0.0701 e. The zero-order chi connectivity index (χ0) is 40.9. The molecule has 0 spiro atoms. The summed E-state index contributed by atoms with van der Waals surface area (Å²) in [7, 11) is 3.29. The van der Waals surface area contributed by atoms with Crippen molar-refractivity contribution in [1.82, 2.24) is 5.32 Å². The number of nitrogens with one attached hydrogen (secondary N) is 1. The van der Waals surface area contributed by atoms with E-state index in [0.29, 0.717) is 225 Å². The first-order valence-electron chi connectivity index (χ1n) is 20.3. The number of hydrogen-bond donors (Lipinski definition) is 1. The molecule has 0 rings (SSSR count). The molecule has 0 unspecified atom stereocenters. The Morgan fingerprint density at radius 3 is 0.439 bits per heavy atom. The van der Waals surface area contributed by atoms with Crippen LogP contribution in [0.4, 0.5) is 0 Å². The van der Waals surface area contributed by atoms with E-state index in [9.17, 15) is 0 Å². The lowest BCUT2D eigenvalue weighted by Crippen LogP contribution is -2.25. The van der Waals surface area contributed by atoms with Crippen LogP contribution in [0.25, 0.3) is 0 Å². The molecular formula is C38H79NO18. The molecule has 0 aromatic rings. The fourth-order valence-electron chi connectivity index (χ4n) is 3.98. The summed E-state index contributed by atoms with van der Waals surface area (Å²) in [6, 6.07) is 0. The highest BCUT2D eigenvalue weighted by Crippen LogP contribution is 1.88. The summed E-state index contributed by atoms with van der Waals surface area (Å²) in [5.74, 6) is 0. The Bertz CT molecular complexity index is 640. The van der Waals surface area contributed by atoms with Gasteiger partial charge in [0.2, 0.25) is 0 Å². The van der Waals surface area contributed by atoms with Gasteiger partial charge in [0.15, 0.2) is 0 Å². The van der Waals surface area contributed by atoms with Crippen molar-refractivity contribution in [1.29, 1.82) is 0 Å². The third-order valence-corrected chi connectivity index (χ3v) is 6.92. The van der Waals surface area contributed by atoms with E-state index in [2.05, 4.69) is 5.32 Å². The molecule has 0 aromatic carbocycles. The minimum atomic E-state index is 0.511. The lowest BCUT2D eigenvalue weighted by atomic mass is 10.6. The van der Waals surface area contributed by atoms with Gasteiger partial charge in [0, 0.05) is 27.3 Å². The van der Waals surface area contributed by atoms with Crippen LogP contribution >= 0.6 is 0 Å². The van der Waals surface area contributed by atoms with E-state index in [1.54, 1.807) is 14.2 Å². The van der Waals surface area contributed by atoms with Crippen molar-refractivity contribution in [2.45, 2.75) is 0 Å². The summed E-state index contributed by atoms with van der Waals surface area (Å²) in [5.41, 5.74) is 0. The third kappa shape index (κ3) is 55.2. The lowest BCUT2D eigenvalue weighted by molar-refractivity contribution is -0.0244. The molecule has 0 saturated heterocycles. The van der Waals surface area contributed by atoms with Gasteiger partial charge >= 0.3 is 0 Å². The van der Waals surface area contributed by atoms with Gasteiger partial charge < -0.3 is 90.6 Å². The second kappa shape index (κ2) is 55.2. The quantitative estimate of drug-likeness (QED) is 0.0818. The number of hydrogen-bond acceptors (Lipinski definition) is 19. The molecule has 0 atom stereocenters. The van der Waals surface area contributed by atoms with Crippen LogP contribution in [0.2, 0.25) is 0 Å². The molecule has 0 amide bonds. The lowest BCUT2D eigenvalue weighted by Gasteiger charge is -2.09. The van der Waals surface area contributed by atoms with Crippen LogP contribution in [0.5, 0.6) is 0 Å². The van der Waals surface area contributed by atoms with Crippen LogP contribution < -0.4 is 5.32 Å². The maximum atomic E-state index is 5.56. The number of ether oxygens (including phenoxy) is 18. The molecule has 19 heteroatoms. The Balaban J connectivity index is 3.05. The molecule has 0 bridgehead atoms. The van der Waals surface area contributed by atoms with Crippen LogP contribution in [0.3, 0.4) is 0 Å². The first-order valence-corrected chi connectivity index (χ1v) is 20.3. The molecule has 344 valence electrons. The topological polar surface area (TPSA) is 178 Å². The second-order valence-corrected chi connectivity index (χ2v) is 11.5. The molecule has 0 heterocycles. The molecule has 0 radical (unpaired) electrons. The van der Waals surface area contributed by atoms with E-state index >= 15 is 0 Å². The fraction of sp³-hybridized carbons (Fsp3) is 1.00. The summed E-state index contributed by atoms with van der Waals surface area (Å²) in [4.78, 5) is 0. The summed E-state index contributed by atoms with van der Waals surface area (Å²) in [6.07, 6.45) is 0. The maximum absolute atomic E-state index is 5.56. The maximum Gasteiger partial charge on any atom is 0.0701 e. The predicted molar refractivity (Wildman–Crippen MR) is 210 cm³/mol. The zero-order valence-electron chi connectivity index (χ0n) is 35.3. The highest BCUT2D eigenvalue weighted by Gasteiger charge is 1.98. The number of methoxy groups -OCH3 is 2. The zero-order valence-corrected chi connectivity index (χ0v) is 35.3. The normalized spacial score (nSPS) is 11.7. The van der Waals surface area contributed by atoms with E-state index in [1.807, 2.05) is 0 Å². The van der Waals surface area contributed by atoms with Gasteiger partial charge in [-0.2, -0.15) is 0 Å². The van der Waals surface area contributed by atoms with Crippen LogP contribution in [-0.2, 0) is 85.3 Å². The van der Waals surface area contributed by atoms with E-state index in [-0.39, 0.29) is 0 Å². The SMILES string of the molecule is COCCOCCOCCOCCOCCOCCOCCOCCOCCNCCOCCOCCOCCOCCOCCOCCOCCOCCOC. The van der Waals surface area contributed by atoms with E-state index in [4.69, 9.17) is 85.3 Å². The highest BCUT2D eigenvalue weighted by atomic mass is 16.6. The van der Waals surface area contributed by atoms with Gasteiger partial charge in [-0.15, -0.1) is 0 Å². The van der Waals surface area contributed by atoms with Crippen molar-refractivity contribution in [3.05, 3.63) is 0 Å². The van der Waals surface area contributed by atoms with Gasteiger partial charge in [0.1, 0.15) is 0 Å². The van der Waals surface area contributed by atoms with Gasteiger partial charge in [-0.25, -0.2) is 0 Å². The van der Waals surface area contributed by atoms with E-state index < -0.39 is 0 Å². The Morgan fingerprint density at radius 1 is 0.175 bits per heavy atom. The molecule has 0 saturated carbocycles. The van der Waals surface area contributed by atoms with Crippen LogP contribution in [-0.4, -0.2) is 252 Å². The van der Waals surface area contributed by atoms with Crippen molar-refractivity contribution >= 4 is 0 Å². The molecule has 0 aliphatic rings. The Hall–Kier alpha value is -0.760. The molecule has 57 heavy (non-hydrogen) atoms. The molecule has 0 aromatic heterocycles. The third-order valence-electron chi connectivity index (χ3n) is 6.92. The molecular weight excluding hydrogens is 758 g/mol. The largest absolute Gasteiger partial charge is 0.382 e. The van der Waals surface area contributed by atoms with Gasteiger partial charge in [-0.3, -0.25) is 0 Å². The Morgan fingerprint density at radius 2 is 0.298 bits per heavy atom. The molecule has 19 nitrogen and oxygen atoms in total. The van der Waals surface area contributed by atoms with Crippen molar-refractivity contribution in [2.24, 2.45) is 0 Å². The summed E-state index contributed by atoms with van der Waals surface area (Å²) in [6.45, 7) is 19.7. The van der Waals surface area contributed by atoms with Crippen LogP contribution in [0, 0.1) is 0 Å². The average Bonchev–Trinajstić information content (AvgIpc) is 3.22. The van der Waals surface area contributed by atoms with Gasteiger partial charge in [0.25, 0.3) is 0 Å². The molecule has 0 aliphatic carbocycles.